The maximum atomic E-state index is 5.86. The molecule has 1 rings (SSSR count). The molecule has 0 amide bonds. The maximum Gasteiger partial charge on any atom is 0.0589 e. The monoisotopic (exact) mass is 216 g/mol. The van der Waals surface area contributed by atoms with Crippen molar-refractivity contribution in [2.75, 3.05) is 46.6 Å². The van der Waals surface area contributed by atoms with Crippen LogP contribution in [0.2, 0.25) is 0 Å². The molecule has 15 heavy (non-hydrogen) atoms. The highest BCUT2D eigenvalue weighted by Gasteiger charge is 2.28. The van der Waals surface area contributed by atoms with Gasteiger partial charge < -0.3 is 15.2 Å². The van der Waals surface area contributed by atoms with Gasteiger partial charge in [0.15, 0.2) is 0 Å². The van der Waals surface area contributed by atoms with E-state index < -0.39 is 0 Å². The number of methoxy groups -OCH3 is 1. The first-order chi connectivity index (χ1) is 7.33. The summed E-state index contributed by atoms with van der Waals surface area (Å²) in [6.45, 7) is 7.42. The Balaban J connectivity index is 2.44. The van der Waals surface area contributed by atoms with Crippen molar-refractivity contribution in [2.24, 2.45) is 11.7 Å². The van der Waals surface area contributed by atoms with E-state index in [2.05, 4.69) is 11.8 Å². The number of nitrogens with two attached hydrogens (primary N) is 1. The standard InChI is InChI=1S/C11H24N2O2/c1-3-13(5-7-14-2)11(8-12)10-4-6-15-9-10/h10-11H,3-9,12H2,1-2H3. The fourth-order valence-electron chi connectivity index (χ4n) is 2.26. The number of nitrogens with zero attached hydrogens (tertiary/aromatic N) is 1. The van der Waals surface area contributed by atoms with E-state index >= 15 is 0 Å². The van der Waals surface area contributed by atoms with Gasteiger partial charge in [-0.15, -0.1) is 0 Å². The van der Waals surface area contributed by atoms with Crippen LogP contribution in [0.4, 0.5) is 0 Å². The lowest BCUT2D eigenvalue weighted by molar-refractivity contribution is 0.0919. The van der Waals surface area contributed by atoms with Crippen molar-refractivity contribution in [1.82, 2.24) is 4.90 Å². The Hall–Kier alpha value is -0.160. The van der Waals surface area contributed by atoms with Crippen LogP contribution in [0.15, 0.2) is 0 Å². The van der Waals surface area contributed by atoms with Gasteiger partial charge in [-0.1, -0.05) is 6.92 Å². The Morgan fingerprint density at radius 2 is 2.40 bits per heavy atom. The molecule has 2 unspecified atom stereocenters. The molecule has 0 aromatic heterocycles. The van der Waals surface area contributed by atoms with Gasteiger partial charge >= 0.3 is 0 Å². The number of hydrogen-bond acceptors (Lipinski definition) is 4. The topological polar surface area (TPSA) is 47.7 Å². The fraction of sp³-hybridized carbons (Fsp3) is 1.00. The molecule has 0 aromatic rings. The first-order valence-corrected chi connectivity index (χ1v) is 5.84. The first kappa shape index (κ1) is 12.9. The smallest absolute Gasteiger partial charge is 0.0589 e. The highest BCUT2D eigenvalue weighted by Crippen LogP contribution is 2.20. The highest BCUT2D eigenvalue weighted by atomic mass is 16.5. The molecule has 1 aliphatic rings. The molecule has 2 atom stereocenters. The number of likely N-dealkylation sites (N-methyl/N-ethyl adjacent to an activating group) is 1. The summed E-state index contributed by atoms with van der Waals surface area (Å²) in [7, 11) is 1.74. The normalized spacial score (nSPS) is 23.6. The molecule has 0 saturated carbocycles. The van der Waals surface area contributed by atoms with E-state index in [4.69, 9.17) is 15.2 Å². The predicted octanol–water partition coefficient (Wildman–Crippen LogP) is 0.319. The van der Waals surface area contributed by atoms with Crippen LogP contribution in [0.5, 0.6) is 0 Å². The second-order valence-electron chi connectivity index (χ2n) is 4.05. The van der Waals surface area contributed by atoms with Gasteiger partial charge in [0.1, 0.15) is 0 Å². The minimum atomic E-state index is 0.452. The Labute approximate surface area is 92.7 Å². The third-order valence-electron chi connectivity index (χ3n) is 3.21. The van der Waals surface area contributed by atoms with Crippen LogP contribution < -0.4 is 5.73 Å². The van der Waals surface area contributed by atoms with Crippen LogP contribution in [-0.4, -0.2) is 57.5 Å². The van der Waals surface area contributed by atoms with Crippen LogP contribution in [-0.2, 0) is 9.47 Å². The first-order valence-electron chi connectivity index (χ1n) is 5.84. The van der Waals surface area contributed by atoms with Crippen molar-refractivity contribution in [3.8, 4) is 0 Å². The molecule has 2 N–H and O–H groups in total. The van der Waals surface area contributed by atoms with Crippen molar-refractivity contribution < 1.29 is 9.47 Å². The average molecular weight is 216 g/mol. The minimum Gasteiger partial charge on any atom is -0.383 e. The molecular formula is C11H24N2O2. The second-order valence-corrected chi connectivity index (χ2v) is 4.05. The van der Waals surface area contributed by atoms with Crippen molar-refractivity contribution in [1.29, 1.82) is 0 Å². The quantitative estimate of drug-likeness (QED) is 0.666. The van der Waals surface area contributed by atoms with E-state index in [-0.39, 0.29) is 0 Å². The minimum absolute atomic E-state index is 0.452. The molecule has 4 nitrogen and oxygen atoms in total. The summed E-state index contributed by atoms with van der Waals surface area (Å²) < 4.78 is 10.5. The molecule has 0 aliphatic carbocycles. The van der Waals surface area contributed by atoms with Crippen molar-refractivity contribution in [3.63, 3.8) is 0 Å². The van der Waals surface area contributed by atoms with E-state index in [1.165, 1.54) is 0 Å². The molecule has 0 bridgehead atoms. The van der Waals surface area contributed by atoms with Gasteiger partial charge in [0.05, 0.1) is 13.2 Å². The van der Waals surface area contributed by atoms with Crippen molar-refractivity contribution >= 4 is 0 Å². The largest absolute Gasteiger partial charge is 0.383 e. The van der Waals surface area contributed by atoms with Crippen LogP contribution in [0, 0.1) is 5.92 Å². The predicted molar refractivity (Wildman–Crippen MR) is 60.9 cm³/mol. The number of rotatable bonds is 7. The Morgan fingerprint density at radius 3 is 2.87 bits per heavy atom. The van der Waals surface area contributed by atoms with Gasteiger partial charge in [-0.2, -0.15) is 0 Å². The van der Waals surface area contributed by atoms with Gasteiger partial charge in [0, 0.05) is 38.8 Å². The zero-order valence-corrected chi connectivity index (χ0v) is 9.95. The lowest BCUT2D eigenvalue weighted by Crippen LogP contribution is -2.47. The zero-order chi connectivity index (χ0) is 11.1. The average Bonchev–Trinajstić information content (AvgIpc) is 2.77. The SMILES string of the molecule is CCN(CCOC)C(CN)C1CCOC1. The summed E-state index contributed by atoms with van der Waals surface area (Å²) in [5, 5.41) is 0. The highest BCUT2D eigenvalue weighted by molar-refractivity contribution is 4.82. The molecule has 0 spiro atoms. The maximum absolute atomic E-state index is 5.86. The molecular weight excluding hydrogens is 192 g/mol. The molecule has 1 aliphatic heterocycles. The summed E-state index contributed by atoms with van der Waals surface area (Å²) in [5.41, 5.74) is 5.86. The molecule has 0 aromatic carbocycles. The third-order valence-corrected chi connectivity index (χ3v) is 3.21. The Morgan fingerprint density at radius 1 is 1.60 bits per heavy atom. The number of hydrogen-bond donors (Lipinski definition) is 1. The van der Waals surface area contributed by atoms with E-state index in [1.54, 1.807) is 7.11 Å². The van der Waals surface area contributed by atoms with E-state index in [0.717, 1.165) is 39.3 Å². The van der Waals surface area contributed by atoms with Crippen LogP contribution >= 0.6 is 0 Å². The lowest BCUT2D eigenvalue weighted by atomic mass is 9.97. The molecule has 0 radical (unpaired) electrons. The molecule has 1 heterocycles. The van der Waals surface area contributed by atoms with Gasteiger partial charge in [-0.3, -0.25) is 4.90 Å². The summed E-state index contributed by atoms with van der Waals surface area (Å²) >= 11 is 0. The Bertz CT molecular complexity index is 161. The Kier molecular flexibility index (Phi) is 6.17. The summed E-state index contributed by atoms with van der Waals surface area (Å²) in [4.78, 5) is 2.41. The molecule has 90 valence electrons. The van der Waals surface area contributed by atoms with Gasteiger partial charge in [0.2, 0.25) is 0 Å². The van der Waals surface area contributed by atoms with Crippen molar-refractivity contribution in [3.05, 3.63) is 0 Å². The number of ether oxygens (including phenoxy) is 2. The third kappa shape index (κ3) is 3.72. The second kappa shape index (κ2) is 7.17. The van der Waals surface area contributed by atoms with Crippen LogP contribution in [0.3, 0.4) is 0 Å². The summed E-state index contributed by atoms with van der Waals surface area (Å²) in [5.74, 6) is 0.604. The lowest BCUT2D eigenvalue weighted by Gasteiger charge is -2.33. The van der Waals surface area contributed by atoms with Crippen molar-refractivity contribution in [2.45, 2.75) is 19.4 Å². The fourth-order valence-corrected chi connectivity index (χ4v) is 2.26. The summed E-state index contributed by atoms with van der Waals surface area (Å²) in [6.07, 6.45) is 1.14. The zero-order valence-electron chi connectivity index (χ0n) is 9.95. The van der Waals surface area contributed by atoms with Gasteiger partial charge in [-0.25, -0.2) is 0 Å². The van der Waals surface area contributed by atoms with E-state index in [0.29, 0.717) is 18.5 Å². The molecule has 1 fully saturated rings. The van der Waals surface area contributed by atoms with Gasteiger partial charge in [-0.05, 0) is 13.0 Å². The van der Waals surface area contributed by atoms with E-state index in [9.17, 15) is 0 Å². The molecule has 4 heteroatoms. The van der Waals surface area contributed by atoms with Crippen LogP contribution in [0.1, 0.15) is 13.3 Å². The van der Waals surface area contributed by atoms with Gasteiger partial charge in [0.25, 0.3) is 0 Å². The van der Waals surface area contributed by atoms with Crippen LogP contribution in [0.25, 0.3) is 0 Å². The molecule has 1 saturated heterocycles. The van der Waals surface area contributed by atoms with E-state index in [1.807, 2.05) is 0 Å². The summed E-state index contributed by atoms with van der Waals surface area (Å²) in [6, 6.07) is 0.452.